The summed E-state index contributed by atoms with van der Waals surface area (Å²) in [6, 6.07) is 5.05. The van der Waals surface area contributed by atoms with Crippen LogP contribution in [0, 0.1) is 0 Å². The van der Waals surface area contributed by atoms with Gasteiger partial charge in [0.1, 0.15) is 5.56 Å². The number of piperazine rings is 1. The number of halogens is 1. The molecule has 2 aliphatic heterocycles. The van der Waals surface area contributed by atoms with E-state index in [1.165, 1.54) is 6.20 Å². The van der Waals surface area contributed by atoms with Gasteiger partial charge in [0, 0.05) is 54.9 Å². The van der Waals surface area contributed by atoms with Crippen molar-refractivity contribution in [3.63, 3.8) is 0 Å². The van der Waals surface area contributed by atoms with Crippen molar-refractivity contribution in [2.24, 2.45) is 0 Å². The number of carbonyl (C=O) groups is 1. The number of likely N-dealkylation sites (tertiary alicyclic amines) is 1. The van der Waals surface area contributed by atoms with E-state index in [-0.39, 0.29) is 22.4 Å². The number of amides is 1. The Labute approximate surface area is 163 Å². The molecule has 2 aliphatic rings. The van der Waals surface area contributed by atoms with E-state index in [4.69, 9.17) is 11.6 Å². The molecule has 0 aliphatic carbocycles. The monoisotopic (exact) mass is 388 g/mol. The van der Waals surface area contributed by atoms with E-state index in [1.54, 1.807) is 18.2 Å². The molecule has 4 rings (SSSR count). The Bertz CT molecular complexity index is 933. The molecule has 7 heteroatoms. The second-order valence-electron chi connectivity index (χ2n) is 7.90. The predicted molar refractivity (Wildman–Crippen MR) is 108 cm³/mol. The number of pyridine rings is 1. The lowest BCUT2D eigenvalue weighted by atomic mass is 9.83. The Morgan fingerprint density at radius 2 is 1.89 bits per heavy atom. The molecule has 0 saturated carbocycles. The van der Waals surface area contributed by atoms with Gasteiger partial charge in [-0.05, 0) is 45.1 Å². The number of H-pyrrole nitrogens is 1. The van der Waals surface area contributed by atoms with Crippen LogP contribution in [0.3, 0.4) is 0 Å². The third-order valence-electron chi connectivity index (χ3n) is 6.25. The summed E-state index contributed by atoms with van der Waals surface area (Å²) in [5.74, 6) is -0.185. The van der Waals surface area contributed by atoms with Gasteiger partial charge in [-0.25, -0.2) is 0 Å². The van der Waals surface area contributed by atoms with Crippen molar-refractivity contribution in [1.29, 1.82) is 0 Å². The number of nitrogens with zero attached hydrogens (tertiary/aromatic N) is 3. The number of nitrogens with one attached hydrogen (secondary N) is 1. The van der Waals surface area contributed by atoms with Crippen LogP contribution in [-0.2, 0) is 0 Å². The molecule has 2 aromatic rings. The Hall–Kier alpha value is -1.89. The third-order valence-corrected chi connectivity index (χ3v) is 6.48. The molecule has 27 heavy (non-hydrogen) atoms. The van der Waals surface area contributed by atoms with Crippen LogP contribution in [0.5, 0.6) is 0 Å². The molecule has 0 radical (unpaired) electrons. The van der Waals surface area contributed by atoms with E-state index in [2.05, 4.69) is 28.9 Å². The summed E-state index contributed by atoms with van der Waals surface area (Å²) in [5.41, 5.74) is 0.750. The summed E-state index contributed by atoms with van der Waals surface area (Å²) in [6.45, 7) is 4.52. The van der Waals surface area contributed by atoms with Crippen molar-refractivity contribution in [3.8, 4) is 0 Å². The number of aromatic nitrogens is 1. The van der Waals surface area contributed by atoms with E-state index < -0.39 is 0 Å². The number of hydrogen-bond donors (Lipinski definition) is 1. The van der Waals surface area contributed by atoms with Gasteiger partial charge in [-0.15, -0.1) is 0 Å². The number of piperidine rings is 1. The maximum Gasteiger partial charge on any atom is 0.259 e. The van der Waals surface area contributed by atoms with Crippen molar-refractivity contribution in [2.75, 3.05) is 46.8 Å². The van der Waals surface area contributed by atoms with Gasteiger partial charge in [0.2, 0.25) is 5.43 Å². The summed E-state index contributed by atoms with van der Waals surface area (Å²) in [7, 11) is 4.34. The average Bonchev–Trinajstić information content (AvgIpc) is 2.65. The molecule has 1 N–H and O–H groups in total. The van der Waals surface area contributed by atoms with Gasteiger partial charge in [-0.3, -0.25) is 14.5 Å². The topological polar surface area (TPSA) is 59.6 Å². The predicted octanol–water partition coefficient (Wildman–Crippen LogP) is 2.03. The quantitative estimate of drug-likeness (QED) is 0.812. The van der Waals surface area contributed by atoms with Gasteiger partial charge in [0.15, 0.2) is 0 Å². The number of aromatic amines is 1. The Kier molecular flexibility index (Phi) is 4.74. The maximum absolute atomic E-state index is 13.0. The fourth-order valence-corrected chi connectivity index (χ4v) is 4.62. The van der Waals surface area contributed by atoms with Crippen LogP contribution in [0.25, 0.3) is 10.9 Å². The molecule has 2 fully saturated rings. The second kappa shape index (κ2) is 6.93. The van der Waals surface area contributed by atoms with Crippen molar-refractivity contribution in [3.05, 3.63) is 45.2 Å². The zero-order valence-electron chi connectivity index (χ0n) is 15.8. The van der Waals surface area contributed by atoms with Crippen molar-refractivity contribution >= 4 is 28.4 Å². The van der Waals surface area contributed by atoms with Crippen LogP contribution in [-0.4, -0.2) is 77.9 Å². The summed E-state index contributed by atoms with van der Waals surface area (Å²) < 4.78 is 0. The lowest BCUT2D eigenvalue weighted by Gasteiger charge is -2.52. The first kappa shape index (κ1) is 18.5. The van der Waals surface area contributed by atoms with Crippen molar-refractivity contribution in [1.82, 2.24) is 19.7 Å². The van der Waals surface area contributed by atoms with Gasteiger partial charge in [-0.1, -0.05) is 11.6 Å². The molecule has 1 spiro atoms. The summed E-state index contributed by atoms with van der Waals surface area (Å²) in [4.78, 5) is 35.5. The Morgan fingerprint density at radius 3 is 2.63 bits per heavy atom. The number of carbonyl (C=O) groups excluding carboxylic acids is 1. The van der Waals surface area contributed by atoms with Gasteiger partial charge in [-0.2, -0.15) is 0 Å². The molecule has 0 unspecified atom stereocenters. The van der Waals surface area contributed by atoms with E-state index in [0.29, 0.717) is 29.0 Å². The number of hydrogen-bond acceptors (Lipinski definition) is 4. The number of rotatable bonds is 1. The molecule has 144 valence electrons. The minimum absolute atomic E-state index is 0.135. The molecule has 1 amide bonds. The van der Waals surface area contributed by atoms with Crippen LogP contribution in [0.2, 0.25) is 5.02 Å². The third kappa shape index (κ3) is 3.26. The summed E-state index contributed by atoms with van der Waals surface area (Å²) in [5, 5.41) is 1.05. The molecule has 3 heterocycles. The molecule has 0 atom stereocenters. The Balaban J connectivity index is 1.55. The minimum atomic E-state index is -0.236. The highest BCUT2D eigenvalue weighted by Crippen LogP contribution is 2.31. The number of likely N-dealkylation sites (N-methyl/N-ethyl adjacent to an activating group) is 2. The highest BCUT2D eigenvalue weighted by Gasteiger charge is 2.42. The van der Waals surface area contributed by atoms with Gasteiger partial charge < -0.3 is 14.8 Å². The van der Waals surface area contributed by atoms with E-state index in [1.807, 2.05) is 4.90 Å². The van der Waals surface area contributed by atoms with Crippen LogP contribution in [0.4, 0.5) is 0 Å². The van der Waals surface area contributed by atoms with E-state index in [9.17, 15) is 9.59 Å². The number of fused-ring (bicyclic) bond motifs is 1. The van der Waals surface area contributed by atoms with Gasteiger partial charge in [0.25, 0.3) is 5.91 Å². The van der Waals surface area contributed by atoms with E-state index >= 15 is 0 Å². The van der Waals surface area contributed by atoms with Crippen molar-refractivity contribution in [2.45, 2.75) is 18.4 Å². The zero-order chi connectivity index (χ0) is 19.2. The molecule has 1 aromatic heterocycles. The van der Waals surface area contributed by atoms with E-state index in [0.717, 1.165) is 32.5 Å². The summed E-state index contributed by atoms with van der Waals surface area (Å²) in [6.07, 6.45) is 3.38. The molecular weight excluding hydrogens is 364 g/mol. The lowest BCUT2D eigenvalue weighted by molar-refractivity contribution is -0.0157. The first-order chi connectivity index (χ1) is 12.9. The van der Waals surface area contributed by atoms with Crippen LogP contribution in [0.15, 0.2) is 29.2 Å². The minimum Gasteiger partial charge on any atom is -0.360 e. The lowest BCUT2D eigenvalue weighted by Crippen LogP contribution is -2.64. The zero-order valence-corrected chi connectivity index (χ0v) is 16.6. The molecular formula is C20H25ClN4O2. The normalized spacial score (nSPS) is 21.1. The smallest absolute Gasteiger partial charge is 0.259 e. The number of benzene rings is 1. The SMILES string of the molecule is CN1CCN(C)C2(CCN(C(=O)c3c[nH]c4cc(Cl)ccc4c3=O)CC2)C1. The first-order valence-electron chi connectivity index (χ1n) is 9.40. The van der Waals surface area contributed by atoms with Crippen LogP contribution >= 0.6 is 11.6 Å². The molecule has 2 saturated heterocycles. The molecule has 0 bridgehead atoms. The largest absolute Gasteiger partial charge is 0.360 e. The highest BCUT2D eigenvalue weighted by atomic mass is 35.5. The standard InChI is InChI=1S/C20H25ClN4O2/c1-23-9-10-24(2)20(13-23)5-7-25(8-6-20)19(27)16-12-22-17-11-14(21)3-4-15(17)18(16)26/h3-4,11-12H,5-10,13H2,1-2H3,(H,22,26). The molecule has 1 aromatic carbocycles. The fourth-order valence-electron chi connectivity index (χ4n) is 4.45. The van der Waals surface area contributed by atoms with Crippen LogP contribution < -0.4 is 5.43 Å². The van der Waals surface area contributed by atoms with Gasteiger partial charge >= 0.3 is 0 Å². The maximum atomic E-state index is 13.0. The Morgan fingerprint density at radius 1 is 1.15 bits per heavy atom. The van der Waals surface area contributed by atoms with Crippen molar-refractivity contribution < 1.29 is 4.79 Å². The van der Waals surface area contributed by atoms with Crippen LogP contribution in [0.1, 0.15) is 23.2 Å². The first-order valence-corrected chi connectivity index (χ1v) is 9.77. The fraction of sp³-hybridized carbons (Fsp3) is 0.500. The average molecular weight is 389 g/mol. The van der Waals surface area contributed by atoms with Gasteiger partial charge in [0.05, 0.1) is 5.52 Å². The highest BCUT2D eigenvalue weighted by molar-refractivity contribution is 6.31. The summed E-state index contributed by atoms with van der Waals surface area (Å²) >= 11 is 5.98. The second-order valence-corrected chi connectivity index (χ2v) is 8.33. The molecule has 6 nitrogen and oxygen atoms in total.